The zero-order valence-electron chi connectivity index (χ0n) is 10.3. The molecule has 0 aliphatic rings. The summed E-state index contributed by atoms with van der Waals surface area (Å²) in [5, 5.41) is 13.1. The largest absolute Gasteiger partial charge is 0.330 e. The maximum Gasteiger partial charge on any atom is 0.188 e. The first-order chi connectivity index (χ1) is 9.26. The van der Waals surface area contributed by atoms with Crippen molar-refractivity contribution in [1.29, 1.82) is 5.26 Å². The molecule has 0 bridgehead atoms. The lowest BCUT2D eigenvalue weighted by molar-refractivity contribution is 1.41. The zero-order chi connectivity index (χ0) is 13.2. The molecule has 0 aliphatic heterocycles. The van der Waals surface area contributed by atoms with Gasteiger partial charge in [-0.15, -0.1) is 0 Å². The van der Waals surface area contributed by atoms with Crippen molar-refractivity contribution in [2.75, 3.05) is 5.32 Å². The van der Waals surface area contributed by atoms with Gasteiger partial charge in [-0.05, 0) is 36.8 Å². The van der Waals surface area contributed by atoms with Crippen molar-refractivity contribution in [1.82, 2.24) is 4.98 Å². The fourth-order valence-electron chi connectivity index (χ4n) is 1.89. The fourth-order valence-corrected chi connectivity index (χ4v) is 2.87. The Kier molecular flexibility index (Phi) is 2.90. The lowest BCUT2D eigenvalue weighted by atomic mass is 10.2. The Balaban J connectivity index is 1.99. The lowest BCUT2D eigenvalue weighted by Gasteiger charge is -2.03. The lowest BCUT2D eigenvalue weighted by Crippen LogP contribution is -1.92. The zero-order valence-corrected chi connectivity index (χ0v) is 11.2. The van der Waals surface area contributed by atoms with Crippen molar-refractivity contribution in [3.8, 4) is 6.07 Å². The van der Waals surface area contributed by atoms with Crippen LogP contribution in [0.25, 0.3) is 10.2 Å². The number of rotatable bonds is 2. The van der Waals surface area contributed by atoms with Gasteiger partial charge in [0.1, 0.15) is 6.07 Å². The van der Waals surface area contributed by atoms with Crippen LogP contribution < -0.4 is 5.32 Å². The topological polar surface area (TPSA) is 48.7 Å². The highest BCUT2D eigenvalue weighted by Gasteiger charge is 2.06. The Labute approximate surface area is 115 Å². The van der Waals surface area contributed by atoms with Gasteiger partial charge < -0.3 is 5.32 Å². The van der Waals surface area contributed by atoms with Crippen LogP contribution in [0.2, 0.25) is 0 Å². The molecule has 1 heterocycles. The number of nitrogens with one attached hydrogen (secondary N) is 1. The molecule has 2 aromatic carbocycles. The molecular formula is C15H11N3S. The van der Waals surface area contributed by atoms with Gasteiger partial charge in [0.15, 0.2) is 5.13 Å². The standard InChI is InChI=1S/C15H11N3S/c1-10-6-7-13-14(8-10)19-15(18-13)17-12-5-3-2-4-11(12)9-16/h2-8H,1H3,(H,17,18). The van der Waals surface area contributed by atoms with E-state index in [1.165, 1.54) is 5.56 Å². The second kappa shape index (κ2) is 4.71. The molecule has 0 amide bonds. The van der Waals surface area contributed by atoms with Crippen LogP contribution in [0.15, 0.2) is 42.5 Å². The summed E-state index contributed by atoms with van der Waals surface area (Å²) in [5.74, 6) is 0. The number of nitrogens with zero attached hydrogens (tertiary/aromatic N) is 2. The van der Waals surface area contributed by atoms with Crippen molar-refractivity contribution in [3.05, 3.63) is 53.6 Å². The number of benzene rings is 2. The molecule has 0 fully saturated rings. The van der Waals surface area contributed by atoms with Gasteiger partial charge in [0.05, 0.1) is 21.5 Å². The first kappa shape index (κ1) is 11.7. The van der Waals surface area contributed by atoms with Crippen molar-refractivity contribution in [2.24, 2.45) is 0 Å². The molecule has 92 valence electrons. The van der Waals surface area contributed by atoms with Crippen LogP contribution in [0, 0.1) is 18.3 Å². The molecule has 0 radical (unpaired) electrons. The van der Waals surface area contributed by atoms with Gasteiger partial charge >= 0.3 is 0 Å². The summed E-state index contributed by atoms with van der Waals surface area (Å²) in [6.07, 6.45) is 0. The van der Waals surface area contributed by atoms with Crippen LogP contribution >= 0.6 is 11.3 Å². The summed E-state index contributed by atoms with van der Waals surface area (Å²) in [6, 6.07) is 15.8. The molecule has 1 N–H and O–H groups in total. The Morgan fingerprint density at radius 2 is 2.05 bits per heavy atom. The van der Waals surface area contributed by atoms with Gasteiger partial charge in [-0.2, -0.15) is 5.26 Å². The second-order valence-corrected chi connectivity index (χ2v) is 5.30. The Morgan fingerprint density at radius 3 is 2.89 bits per heavy atom. The molecule has 0 saturated carbocycles. The second-order valence-electron chi connectivity index (χ2n) is 4.27. The van der Waals surface area contributed by atoms with Gasteiger partial charge in [0, 0.05) is 0 Å². The van der Waals surface area contributed by atoms with Crippen LogP contribution in [0.3, 0.4) is 0 Å². The first-order valence-electron chi connectivity index (χ1n) is 5.89. The van der Waals surface area contributed by atoms with Gasteiger partial charge in [-0.25, -0.2) is 4.98 Å². The molecule has 3 aromatic rings. The molecule has 0 unspecified atom stereocenters. The SMILES string of the molecule is Cc1ccc2nc(Nc3ccccc3C#N)sc2c1. The van der Waals surface area contributed by atoms with E-state index in [-0.39, 0.29) is 0 Å². The van der Waals surface area contributed by atoms with E-state index in [4.69, 9.17) is 5.26 Å². The van der Waals surface area contributed by atoms with E-state index in [0.29, 0.717) is 5.56 Å². The van der Waals surface area contributed by atoms with Gasteiger partial charge in [0.25, 0.3) is 0 Å². The van der Waals surface area contributed by atoms with E-state index in [2.05, 4.69) is 35.4 Å². The van der Waals surface area contributed by atoms with Crippen LogP contribution in [-0.4, -0.2) is 4.98 Å². The predicted octanol–water partition coefficient (Wildman–Crippen LogP) is 4.22. The van der Waals surface area contributed by atoms with Gasteiger partial charge in [0.2, 0.25) is 0 Å². The molecule has 0 aliphatic carbocycles. The van der Waals surface area contributed by atoms with Crippen molar-refractivity contribution in [2.45, 2.75) is 6.92 Å². The third-order valence-electron chi connectivity index (χ3n) is 2.83. The highest BCUT2D eigenvalue weighted by molar-refractivity contribution is 7.22. The molecule has 3 rings (SSSR count). The van der Waals surface area contributed by atoms with E-state index in [1.807, 2.05) is 24.3 Å². The monoisotopic (exact) mass is 265 g/mol. The average Bonchev–Trinajstić information content (AvgIpc) is 2.80. The predicted molar refractivity (Wildman–Crippen MR) is 78.8 cm³/mol. The Morgan fingerprint density at radius 1 is 1.21 bits per heavy atom. The molecular weight excluding hydrogens is 254 g/mol. The summed E-state index contributed by atoms with van der Waals surface area (Å²) >= 11 is 1.59. The number of anilines is 2. The van der Waals surface area contributed by atoms with Crippen LogP contribution in [0.5, 0.6) is 0 Å². The van der Waals surface area contributed by atoms with E-state index in [9.17, 15) is 0 Å². The summed E-state index contributed by atoms with van der Waals surface area (Å²) in [5.41, 5.74) is 3.62. The molecule has 19 heavy (non-hydrogen) atoms. The number of fused-ring (bicyclic) bond motifs is 1. The Bertz CT molecular complexity index is 783. The minimum atomic E-state index is 0.623. The van der Waals surface area contributed by atoms with E-state index in [0.717, 1.165) is 21.0 Å². The number of hydrogen-bond donors (Lipinski definition) is 1. The number of nitriles is 1. The highest BCUT2D eigenvalue weighted by atomic mass is 32.1. The van der Waals surface area contributed by atoms with Gasteiger partial charge in [-0.3, -0.25) is 0 Å². The smallest absolute Gasteiger partial charge is 0.188 e. The fraction of sp³-hybridized carbons (Fsp3) is 0.0667. The summed E-state index contributed by atoms with van der Waals surface area (Å²) in [4.78, 5) is 4.52. The first-order valence-corrected chi connectivity index (χ1v) is 6.71. The third kappa shape index (κ3) is 2.28. The highest BCUT2D eigenvalue weighted by Crippen LogP contribution is 2.29. The molecule has 4 heteroatoms. The van der Waals surface area contributed by atoms with Crippen LogP contribution in [0.1, 0.15) is 11.1 Å². The minimum Gasteiger partial charge on any atom is -0.330 e. The van der Waals surface area contributed by atoms with E-state index in [1.54, 1.807) is 17.4 Å². The number of aromatic nitrogens is 1. The number of thiazole rings is 1. The van der Waals surface area contributed by atoms with E-state index >= 15 is 0 Å². The Hall–Kier alpha value is -2.38. The average molecular weight is 265 g/mol. The van der Waals surface area contributed by atoms with Gasteiger partial charge in [-0.1, -0.05) is 29.5 Å². The molecule has 1 aromatic heterocycles. The van der Waals surface area contributed by atoms with Crippen molar-refractivity contribution >= 4 is 32.4 Å². The van der Waals surface area contributed by atoms with E-state index < -0.39 is 0 Å². The summed E-state index contributed by atoms with van der Waals surface area (Å²) in [6.45, 7) is 2.07. The summed E-state index contributed by atoms with van der Waals surface area (Å²) < 4.78 is 1.15. The normalized spacial score (nSPS) is 10.3. The number of hydrogen-bond acceptors (Lipinski definition) is 4. The van der Waals surface area contributed by atoms with Crippen molar-refractivity contribution < 1.29 is 0 Å². The molecule has 0 atom stereocenters. The maximum absolute atomic E-state index is 9.07. The van der Waals surface area contributed by atoms with Crippen molar-refractivity contribution in [3.63, 3.8) is 0 Å². The molecule has 3 nitrogen and oxygen atoms in total. The minimum absolute atomic E-state index is 0.623. The third-order valence-corrected chi connectivity index (χ3v) is 3.77. The quantitative estimate of drug-likeness (QED) is 0.754. The molecule has 0 saturated heterocycles. The number of aryl methyl sites for hydroxylation is 1. The van der Waals surface area contributed by atoms with Crippen LogP contribution in [0.4, 0.5) is 10.8 Å². The maximum atomic E-state index is 9.07. The molecule has 0 spiro atoms. The summed E-state index contributed by atoms with van der Waals surface area (Å²) in [7, 11) is 0. The number of para-hydroxylation sites is 1. The van der Waals surface area contributed by atoms with Crippen LogP contribution in [-0.2, 0) is 0 Å².